The molecule has 0 fully saturated rings. The molecule has 21 heavy (non-hydrogen) atoms. The Labute approximate surface area is 128 Å². The Kier molecular flexibility index (Phi) is 4.48. The maximum atomic E-state index is 7.74. The Bertz CT molecular complexity index is 598. The van der Waals surface area contributed by atoms with Crippen LogP contribution < -0.4 is 0 Å². The monoisotopic (exact) mass is 282 g/mol. The van der Waals surface area contributed by atoms with Gasteiger partial charge in [0.05, 0.1) is 0 Å². The maximum absolute atomic E-state index is 7.74. The Balaban J connectivity index is 2.47. The highest BCUT2D eigenvalue weighted by Crippen LogP contribution is 2.36. The molecular formula is C19H26N2. The lowest BCUT2D eigenvalue weighted by Crippen LogP contribution is -2.15. The van der Waals surface area contributed by atoms with Gasteiger partial charge in [0.1, 0.15) is 0 Å². The normalized spacial score (nSPS) is 15.1. The van der Waals surface area contributed by atoms with Gasteiger partial charge in [0.2, 0.25) is 0 Å². The van der Waals surface area contributed by atoms with Crippen molar-refractivity contribution in [3.63, 3.8) is 0 Å². The molecule has 0 amide bonds. The molecule has 0 atom stereocenters. The van der Waals surface area contributed by atoms with Crippen molar-refractivity contribution in [1.29, 1.82) is 5.41 Å². The van der Waals surface area contributed by atoms with E-state index in [1.165, 1.54) is 28.5 Å². The van der Waals surface area contributed by atoms with Gasteiger partial charge in [-0.2, -0.15) is 0 Å². The molecule has 2 heteroatoms. The molecular weight excluding hydrogens is 256 g/mol. The molecule has 0 aliphatic heterocycles. The van der Waals surface area contributed by atoms with Gasteiger partial charge < -0.3 is 10.3 Å². The van der Waals surface area contributed by atoms with Gasteiger partial charge in [-0.05, 0) is 53.8 Å². The van der Waals surface area contributed by atoms with Gasteiger partial charge in [-0.25, -0.2) is 0 Å². The number of nitrogens with one attached hydrogen (secondary N) is 1. The summed E-state index contributed by atoms with van der Waals surface area (Å²) in [6.07, 6.45) is 7.06. The standard InChI is InChI=1S/C19H26N2/c1-19(2,3)17-8-6-7-16(12-20)18(17)15-10-9-14(11-15)13-21(4)5/h6-9,11-12,20H,10,13H2,1-5H3. The molecule has 112 valence electrons. The minimum absolute atomic E-state index is 0.0828. The van der Waals surface area contributed by atoms with Gasteiger partial charge in [-0.15, -0.1) is 0 Å². The molecule has 2 rings (SSSR count). The largest absolute Gasteiger partial charge is 0.308 e. The van der Waals surface area contributed by atoms with Gasteiger partial charge >= 0.3 is 0 Å². The number of nitrogens with zero attached hydrogens (tertiary/aromatic N) is 1. The summed E-state index contributed by atoms with van der Waals surface area (Å²) < 4.78 is 0. The molecule has 1 aliphatic rings. The van der Waals surface area contributed by atoms with E-state index in [9.17, 15) is 0 Å². The fraction of sp³-hybridized carbons (Fsp3) is 0.421. The second-order valence-corrected chi connectivity index (χ2v) is 7.05. The molecule has 2 nitrogen and oxygen atoms in total. The Hall–Kier alpha value is -1.67. The molecule has 0 aromatic heterocycles. The first-order valence-corrected chi connectivity index (χ1v) is 7.51. The van der Waals surface area contributed by atoms with Crippen LogP contribution in [0, 0.1) is 5.41 Å². The van der Waals surface area contributed by atoms with Crippen LogP contribution in [0.25, 0.3) is 5.57 Å². The molecule has 1 aromatic rings. The minimum atomic E-state index is 0.0828. The lowest BCUT2D eigenvalue weighted by atomic mass is 9.79. The van der Waals surface area contributed by atoms with Crippen LogP contribution in [0.15, 0.2) is 35.9 Å². The molecule has 0 saturated carbocycles. The Morgan fingerprint density at radius 1 is 1.24 bits per heavy atom. The number of likely N-dealkylation sites (N-methyl/N-ethyl adjacent to an activating group) is 1. The second-order valence-electron chi connectivity index (χ2n) is 7.05. The van der Waals surface area contributed by atoms with E-state index in [1.807, 2.05) is 6.07 Å². The molecule has 1 N–H and O–H groups in total. The van der Waals surface area contributed by atoms with E-state index in [4.69, 9.17) is 5.41 Å². The van der Waals surface area contributed by atoms with E-state index < -0.39 is 0 Å². The fourth-order valence-corrected chi connectivity index (χ4v) is 2.91. The van der Waals surface area contributed by atoms with E-state index in [0.29, 0.717) is 0 Å². The van der Waals surface area contributed by atoms with Crippen molar-refractivity contribution in [2.45, 2.75) is 32.6 Å². The maximum Gasteiger partial charge on any atom is 0.0256 e. The van der Waals surface area contributed by atoms with Crippen molar-refractivity contribution < 1.29 is 0 Å². The van der Waals surface area contributed by atoms with Crippen LogP contribution in [-0.4, -0.2) is 31.8 Å². The number of rotatable bonds is 4. The van der Waals surface area contributed by atoms with E-state index in [-0.39, 0.29) is 5.41 Å². The molecule has 0 heterocycles. The molecule has 0 unspecified atom stereocenters. The van der Waals surface area contributed by atoms with Gasteiger partial charge in [-0.1, -0.05) is 51.1 Å². The van der Waals surface area contributed by atoms with Crippen molar-refractivity contribution >= 4 is 11.8 Å². The molecule has 0 saturated heterocycles. The third kappa shape index (κ3) is 3.51. The molecule has 0 bridgehead atoms. The summed E-state index contributed by atoms with van der Waals surface area (Å²) in [6.45, 7) is 7.69. The first-order chi connectivity index (χ1) is 9.82. The van der Waals surface area contributed by atoms with Gasteiger partial charge in [0.15, 0.2) is 0 Å². The summed E-state index contributed by atoms with van der Waals surface area (Å²) in [6, 6.07) is 6.31. The molecule has 1 aromatic carbocycles. The average molecular weight is 282 g/mol. The molecule has 0 spiro atoms. The Morgan fingerprint density at radius 2 is 1.95 bits per heavy atom. The van der Waals surface area contributed by atoms with Crippen molar-refractivity contribution in [1.82, 2.24) is 4.90 Å². The number of benzene rings is 1. The number of hydrogen-bond donors (Lipinski definition) is 1. The van der Waals surface area contributed by atoms with Crippen molar-refractivity contribution in [3.05, 3.63) is 52.6 Å². The number of hydrogen-bond acceptors (Lipinski definition) is 2. The zero-order chi connectivity index (χ0) is 15.6. The van der Waals surface area contributed by atoms with Crippen LogP contribution in [0.1, 0.15) is 43.9 Å². The quantitative estimate of drug-likeness (QED) is 0.821. The Morgan fingerprint density at radius 3 is 2.52 bits per heavy atom. The smallest absolute Gasteiger partial charge is 0.0256 e. The van der Waals surface area contributed by atoms with Crippen LogP contribution in [0.3, 0.4) is 0 Å². The van der Waals surface area contributed by atoms with Crippen LogP contribution >= 0.6 is 0 Å². The highest BCUT2D eigenvalue weighted by atomic mass is 15.0. The highest BCUT2D eigenvalue weighted by molar-refractivity contribution is 5.90. The minimum Gasteiger partial charge on any atom is -0.308 e. The predicted octanol–water partition coefficient (Wildman–Crippen LogP) is 4.26. The van der Waals surface area contributed by atoms with Gasteiger partial charge in [0.25, 0.3) is 0 Å². The SMILES string of the molecule is CN(C)CC1=CCC(c2c(C=N)cccc2C(C)(C)C)=C1. The van der Waals surface area contributed by atoms with Gasteiger partial charge in [0, 0.05) is 12.8 Å². The average Bonchev–Trinajstić information content (AvgIpc) is 2.84. The molecule has 0 radical (unpaired) electrons. The number of allylic oxidation sites excluding steroid dienone is 2. The first-order valence-electron chi connectivity index (χ1n) is 7.51. The molecule has 1 aliphatic carbocycles. The van der Waals surface area contributed by atoms with Crippen LogP contribution in [0.2, 0.25) is 0 Å². The first kappa shape index (κ1) is 15.7. The zero-order valence-corrected chi connectivity index (χ0v) is 13.8. The van der Waals surface area contributed by atoms with E-state index >= 15 is 0 Å². The topological polar surface area (TPSA) is 27.1 Å². The summed E-state index contributed by atoms with van der Waals surface area (Å²) in [5, 5.41) is 7.74. The van der Waals surface area contributed by atoms with E-state index in [1.54, 1.807) is 0 Å². The summed E-state index contributed by atoms with van der Waals surface area (Å²) in [5.74, 6) is 0. The van der Waals surface area contributed by atoms with Crippen molar-refractivity contribution in [2.24, 2.45) is 0 Å². The lowest BCUT2D eigenvalue weighted by molar-refractivity contribution is 0.449. The van der Waals surface area contributed by atoms with Gasteiger partial charge in [-0.3, -0.25) is 0 Å². The fourth-order valence-electron chi connectivity index (χ4n) is 2.91. The second kappa shape index (κ2) is 5.98. The third-order valence-electron chi connectivity index (χ3n) is 3.82. The van der Waals surface area contributed by atoms with Crippen LogP contribution in [0.5, 0.6) is 0 Å². The van der Waals surface area contributed by atoms with Crippen molar-refractivity contribution in [3.8, 4) is 0 Å². The third-order valence-corrected chi connectivity index (χ3v) is 3.82. The van der Waals surface area contributed by atoms with E-state index in [0.717, 1.165) is 18.5 Å². The summed E-state index contributed by atoms with van der Waals surface area (Å²) >= 11 is 0. The zero-order valence-electron chi connectivity index (χ0n) is 13.8. The summed E-state index contributed by atoms with van der Waals surface area (Å²) in [7, 11) is 4.19. The summed E-state index contributed by atoms with van der Waals surface area (Å²) in [4.78, 5) is 2.19. The van der Waals surface area contributed by atoms with Crippen molar-refractivity contribution in [2.75, 3.05) is 20.6 Å². The predicted molar refractivity (Wildman–Crippen MR) is 92.3 cm³/mol. The van der Waals surface area contributed by atoms with E-state index in [2.05, 4.69) is 64.1 Å². The van der Waals surface area contributed by atoms with Crippen LogP contribution in [-0.2, 0) is 5.41 Å². The highest BCUT2D eigenvalue weighted by Gasteiger charge is 2.22. The van der Waals surface area contributed by atoms with Crippen LogP contribution in [0.4, 0.5) is 0 Å². The summed E-state index contributed by atoms with van der Waals surface area (Å²) in [5.41, 5.74) is 6.40. The lowest BCUT2D eigenvalue weighted by Gasteiger charge is -2.25.